The highest BCUT2D eigenvalue weighted by atomic mass is 16.3. The lowest BCUT2D eigenvalue weighted by Crippen LogP contribution is -2.14. The lowest BCUT2D eigenvalue weighted by molar-refractivity contribution is 0.475. The summed E-state index contributed by atoms with van der Waals surface area (Å²) in [6.07, 6.45) is 0. The number of phenols is 1. The zero-order chi connectivity index (χ0) is 20.3. The van der Waals surface area contributed by atoms with Crippen molar-refractivity contribution in [3.8, 4) is 5.75 Å². The van der Waals surface area contributed by atoms with E-state index in [9.17, 15) is 5.11 Å². The van der Waals surface area contributed by atoms with Crippen molar-refractivity contribution in [3.63, 3.8) is 0 Å². The Labute approximate surface area is 174 Å². The highest BCUT2D eigenvalue weighted by Crippen LogP contribution is 2.33. The third-order valence-electron chi connectivity index (χ3n) is 5.06. The van der Waals surface area contributed by atoms with Crippen LogP contribution in [0.4, 0.5) is 28.8 Å². The standard InChI is InChI=1S/C24H21N5O/c30-20-13-11-18(12-14-20)25-23-21-15-29(19-9-5-2-6-10-19)16-22(21)27-24(28-23)26-17-7-3-1-4-8-17/h1-14,30H,15-16H2,(H2,25,26,27,28). The van der Waals surface area contributed by atoms with Crippen LogP contribution in [0.5, 0.6) is 5.75 Å². The first-order valence-corrected chi connectivity index (χ1v) is 9.82. The molecule has 1 aliphatic heterocycles. The summed E-state index contributed by atoms with van der Waals surface area (Å²) >= 11 is 0. The number of aromatic nitrogens is 2. The van der Waals surface area contributed by atoms with Gasteiger partial charge in [0.2, 0.25) is 5.95 Å². The number of hydrogen-bond acceptors (Lipinski definition) is 6. The predicted molar refractivity (Wildman–Crippen MR) is 119 cm³/mol. The highest BCUT2D eigenvalue weighted by molar-refractivity contribution is 5.66. The van der Waals surface area contributed by atoms with E-state index in [1.165, 1.54) is 0 Å². The monoisotopic (exact) mass is 395 g/mol. The second-order valence-corrected chi connectivity index (χ2v) is 7.18. The van der Waals surface area contributed by atoms with Gasteiger partial charge >= 0.3 is 0 Å². The van der Waals surface area contributed by atoms with Gasteiger partial charge in [0.05, 0.1) is 12.2 Å². The molecule has 3 N–H and O–H groups in total. The Morgan fingerprint density at radius 1 is 0.700 bits per heavy atom. The van der Waals surface area contributed by atoms with Crippen molar-refractivity contribution < 1.29 is 5.11 Å². The Morgan fingerprint density at radius 3 is 2.10 bits per heavy atom. The number of phenolic OH excluding ortho intramolecular Hbond substituents is 1. The maximum Gasteiger partial charge on any atom is 0.229 e. The maximum absolute atomic E-state index is 9.58. The van der Waals surface area contributed by atoms with Gasteiger partial charge in [-0.05, 0) is 48.5 Å². The predicted octanol–water partition coefficient (Wildman–Crippen LogP) is 5.19. The molecule has 0 unspecified atom stereocenters. The zero-order valence-corrected chi connectivity index (χ0v) is 16.3. The first-order valence-electron chi connectivity index (χ1n) is 9.82. The van der Waals surface area contributed by atoms with Gasteiger partial charge in [0.1, 0.15) is 11.6 Å². The SMILES string of the molecule is Oc1ccc(Nc2nc(Nc3ccccc3)nc3c2CN(c2ccccc2)C3)cc1. The molecule has 4 aromatic rings. The van der Waals surface area contributed by atoms with Gasteiger partial charge in [-0.2, -0.15) is 4.98 Å². The molecular formula is C24H21N5O. The van der Waals surface area contributed by atoms with Crippen LogP contribution in [0.2, 0.25) is 0 Å². The molecule has 2 heterocycles. The molecule has 6 nitrogen and oxygen atoms in total. The Kier molecular flexibility index (Phi) is 4.65. The number of hydrogen-bond donors (Lipinski definition) is 3. The molecule has 1 aliphatic rings. The lowest BCUT2D eigenvalue weighted by atomic mass is 10.2. The number of nitrogens with one attached hydrogen (secondary N) is 2. The summed E-state index contributed by atoms with van der Waals surface area (Å²) in [7, 11) is 0. The minimum atomic E-state index is 0.232. The summed E-state index contributed by atoms with van der Waals surface area (Å²) < 4.78 is 0. The molecule has 0 fully saturated rings. The summed E-state index contributed by atoms with van der Waals surface area (Å²) in [5, 5.41) is 16.3. The van der Waals surface area contributed by atoms with Crippen LogP contribution in [-0.4, -0.2) is 15.1 Å². The van der Waals surface area contributed by atoms with Gasteiger partial charge in [0.25, 0.3) is 0 Å². The minimum absolute atomic E-state index is 0.232. The smallest absolute Gasteiger partial charge is 0.229 e. The molecule has 0 amide bonds. The molecule has 0 saturated heterocycles. The van der Waals surface area contributed by atoms with E-state index in [1.807, 2.05) is 60.7 Å². The number of rotatable bonds is 5. The summed E-state index contributed by atoms with van der Waals surface area (Å²) in [4.78, 5) is 11.8. The van der Waals surface area contributed by atoms with Gasteiger partial charge in [0, 0.05) is 29.2 Å². The average Bonchev–Trinajstić information content (AvgIpc) is 3.21. The summed E-state index contributed by atoms with van der Waals surface area (Å²) in [6, 6.07) is 27.2. The van der Waals surface area contributed by atoms with Gasteiger partial charge < -0.3 is 20.6 Å². The second-order valence-electron chi connectivity index (χ2n) is 7.18. The number of anilines is 5. The van der Waals surface area contributed by atoms with E-state index in [1.54, 1.807) is 12.1 Å². The van der Waals surface area contributed by atoms with Gasteiger partial charge in [0.15, 0.2) is 0 Å². The molecule has 3 aromatic carbocycles. The van der Waals surface area contributed by atoms with Crippen molar-refractivity contribution in [2.45, 2.75) is 13.1 Å². The van der Waals surface area contributed by atoms with E-state index in [0.717, 1.165) is 47.2 Å². The number of benzene rings is 3. The molecule has 0 bridgehead atoms. The molecule has 0 radical (unpaired) electrons. The zero-order valence-electron chi connectivity index (χ0n) is 16.3. The van der Waals surface area contributed by atoms with E-state index in [2.05, 4.69) is 27.7 Å². The van der Waals surface area contributed by atoms with E-state index in [-0.39, 0.29) is 5.75 Å². The van der Waals surface area contributed by atoms with Crippen LogP contribution in [0, 0.1) is 0 Å². The van der Waals surface area contributed by atoms with E-state index >= 15 is 0 Å². The van der Waals surface area contributed by atoms with Crippen LogP contribution in [0.15, 0.2) is 84.9 Å². The van der Waals surface area contributed by atoms with Crippen LogP contribution in [0.1, 0.15) is 11.3 Å². The van der Waals surface area contributed by atoms with E-state index in [0.29, 0.717) is 5.95 Å². The van der Waals surface area contributed by atoms with Crippen molar-refractivity contribution in [1.29, 1.82) is 0 Å². The van der Waals surface area contributed by atoms with E-state index < -0.39 is 0 Å². The topological polar surface area (TPSA) is 73.3 Å². The molecule has 1 aromatic heterocycles. The summed E-state index contributed by atoms with van der Waals surface area (Å²) in [5.74, 6) is 1.55. The van der Waals surface area contributed by atoms with Crippen LogP contribution >= 0.6 is 0 Å². The lowest BCUT2D eigenvalue weighted by Gasteiger charge is -2.17. The number of aromatic hydroxyl groups is 1. The number of nitrogens with zero attached hydrogens (tertiary/aromatic N) is 3. The quantitative estimate of drug-likeness (QED) is 0.404. The molecule has 0 spiro atoms. The Bertz CT molecular complexity index is 1150. The molecule has 5 rings (SSSR count). The van der Waals surface area contributed by atoms with Crippen molar-refractivity contribution in [3.05, 3.63) is 96.2 Å². The van der Waals surface area contributed by atoms with Gasteiger partial charge in [-0.1, -0.05) is 36.4 Å². The Balaban J connectivity index is 1.50. The molecule has 148 valence electrons. The molecule has 0 aliphatic carbocycles. The average molecular weight is 395 g/mol. The fourth-order valence-corrected chi connectivity index (χ4v) is 3.57. The summed E-state index contributed by atoms with van der Waals surface area (Å²) in [5.41, 5.74) is 5.02. The molecule has 0 saturated carbocycles. The van der Waals surface area contributed by atoms with Crippen LogP contribution < -0.4 is 15.5 Å². The molecular weight excluding hydrogens is 374 g/mol. The fraction of sp³-hybridized carbons (Fsp3) is 0.0833. The van der Waals surface area contributed by atoms with Crippen LogP contribution in [0.25, 0.3) is 0 Å². The number of para-hydroxylation sites is 2. The summed E-state index contributed by atoms with van der Waals surface area (Å²) in [6.45, 7) is 1.45. The highest BCUT2D eigenvalue weighted by Gasteiger charge is 2.25. The Hall–Kier alpha value is -4.06. The molecule has 0 atom stereocenters. The maximum atomic E-state index is 9.58. The largest absolute Gasteiger partial charge is 0.508 e. The first-order chi connectivity index (χ1) is 14.7. The van der Waals surface area contributed by atoms with Crippen molar-refractivity contribution in [2.24, 2.45) is 0 Å². The third kappa shape index (κ3) is 3.75. The minimum Gasteiger partial charge on any atom is -0.508 e. The van der Waals surface area contributed by atoms with E-state index in [4.69, 9.17) is 9.97 Å². The fourth-order valence-electron chi connectivity index (χ4n) is 3.57. The van der Waals surface area contributed by atoms with Gasteiger partial charge in [-0.25, -0.2) is 4.98 Å². The third-order valence-corrected chi connectivity index (χ3v) is 5.06. The first kappa shape index (κ1) is 18.0. The van der Waals surface area contributed by atoms with Gasteiger partial charge in [-0.15, -0.1) is 0 Å². The van der Waals surface area contributed by atoms with Crippen LogP contribution in [-0.2, 0) is 13.1 Å². The van der Waals surface area contributed by atoms with Gasteiger partial charge in [-0.3, -0.25) is 0 Å². The molecule has 6 heteroatoms. The normalized spacial score (nSPS) is 12.5. The van der Waals surface area contributed by atoms with Crippen molar-refractivity contribution in [2.75, 3.05) is 15.5 Å². The molecule has 30 heavy (non-hydrogen) atoms. The Morgan fingerprint density at radius 2 is 1.37 bits per heavy atom. The second kappa shape index (κ2) is 7.75. The van der Waals surface area contributed by atoms with Crippen LogP contribution in [0.3, 0.4) is 0 Å². The van der Waals surface area contributed by atoms with Crippen molar-refractivity contribution >= 4 is 28.8 Å². The van der Waals surface area contributed by atoms with Crippen molar-refractivity contribution in [1.82, 2.24) is 9.97 Å². The number of fused-ring (bicyclic) bond motifs is 1.